The molecule has 0 aromatic heterocycles. The number of hydrogen-bond acceptors (Lipinski definition) is 2. The molecule has 0 aliphatic carbocycles. The van der Waals surface area contributed by atoms with E-state index in [1.807, 2.05) is 30.3 Å². The fraction of sp³-hybridized carbons (Fsp3) is 0.333. The molecule has 0 spiro atoms. The summed E-state index contributed by atoms with van der Waals surface area (Å²) in [7, 11) is 0. The number of phenolic OH excluding ortho intramolecular Hbond substituents is 1. The van der Waals surface area contributed by atoms with Gasteiger partial charge in [0.05, 0.1) is 0 Å². The third kappa shape index (κ3) is 5.41. The van der Waals surface area contributed by atoms with E-state index in [9.17, 15) is 5.11 Å². The summed E-state index contributed by atoms with van der Waals surface area (Å²) in [5.74, 6) is 0.324. The lowest BCUT2D eigenvalue weighted by Crippen LogP contribution is -2.33. The lowest BCUT2D eigenvalue weighted by molar-refractivity contribution is 0.471. The highest BCUT2D eigenvalue weighted by Gasteiger charge is 2.10. The zero-order chi connectivity index (χ0) is 15.1. The van der Waals surface area contributed by atoms with E-state index < -0.39 is 0 Å². The van der Waals surface area contributed by atoms with Gasteiger partial charge < -0.3 is 10.4 Å². The van der Waals surface area contributed by atoms with Crippen molar-refractivity contribution in [3.8, 4) is 5.75 Å². The predicted molar refractivity (Wildman–Crippen MR) is 89.0 cm³/mol. The molecule has 21 heavy (non-hydrogen) atoms. The molecule has 0 aliphatic rings. The topological polar surface area (TPSA) is 32.3 Å². The first-order valence-electron chi connectivity index (χ1n) is 7.43. The maximum absolute atomic E-state index is 9.59. The first kappa shape index (κ1) is 15.9. The minimum atomic E-state index is 0.324. The first-order valence-corrected chi connectivity index (χ1v) is 7.81. The summed E-state index contributed by atoms with van der Waals surface area (Å²) < 4.78 is 0. The van der Waals surface area contributed by atoms with Gasteiger partial charge in [-0.05, 0) is 61.2 Å². The molecule has 0 saturated carbocycles. The van der Waals surface area contributed by atoms with Crippen LogP contribution in [0.1, 0.15) is 24.5 Å². The van der Waals surface area contributed by atoms with Crippen molar-refractivity contribution in [2.24, 2.45) is 0 Å². The standard InChI is InChI=1S/C18H22ClNO/c1-2-9-20-17(11-14-5-3-7-16(19)10-14)12-15-6-4-8-18(21)13-15/h3-8,10,13,17,20-21H,2,9,11-12H2,1H3. The second-order valence-corrected chi connectivity index (χ2v) is 5.80. The molecule has 2 nitrogen and oxygen atoms in total. The van der Waals surface area contributed by atoms with Crippen LogP contribution in [-0.4, -0.2) is 17.7 Å². The largest absolute Gasteiger partial charge is 0.508 e. The van der Waals surface area contributed by atoms with Crippen LogP contribution in [0.5, 0.6) is 5.75 Å². The zero-order valence-corrected chi connectivity index (χ0v) is 13.1. The minimum Gasteiger partial charge on any atom is -0.508 e. The number of phenols is 1. The SMILES string of the molecule is CCCNC(Cc1cccc(O)c1)Cc1cccc(Cl)c1. The van der Waals surface area contributed by atoms with Gasteiger partial charge in [0.2, 0.25) is 0 Å². The Morgan fingerprint density at radius 1 is 1.05 bits per heavy atom. The van der Waals surface area contributed by atoms with Gasteiger partial charge in [-0.3, -0.25) is 0 Å². The van der Waals surface area contributed by atoms with Crippen LogP contribution in [0.25, 0.3) is 0 Å². The molecule has 0 fully saturated rings. The number of hydrogen-bond donors (Lipinski definition) is 2. The lowest BCUT2D eigenvalue weighted by Gasteiger charge is -2.19. The Hall–Kier alpha value is -1.51. The van der Waals surface area contributed by atoms with Crippen molar-refractivity contribution in [1.29, 1.82) is 0 Å². The molecule has 2 N–H and O–H groups in total. The fourth-order valence-electron chi connectivity index (χ4n) is 2.48. The smallest absolute Gasteiger partial charge is 0.115 e. The summed E-state index contributed by atoms with van der Waals surface area (Å²) in [5.41, 5.74) is 2.38. The van der Waals surface area contributed by atoms with Gasteiger partial charge >= 0.3 is 0 Å². The van der Waals surface area contributed by atoms with Crippen molar-refractivity contribution in [2.45, 2.75) is 32.2 Å². The summed E-state index contributed by atoms with van der Waals surface area (Å²) in [6.07, 6.45) is 2.92. The van der Waals surface area contributed by atoms with Crippen molar-refractivity contribution in [3.05, 3.63) is 64.7 Å². The Morgan fingerprint density at radius 2 is 1.71 bits per heavy atom. The van der Waals surface area contributed by atoms with Crippen LogP contribution in [0.2, 0.25) is 5.02 Å². The van der Waals surface area contributed by atoms with Crippen molar-refractivity contribution in [3.63, 3.8) is 0 Å². The number of halogens is 1. The van der Waals surface area contributed by atoms with E-state index in [0.717, 1.165) is 36.4 Å². The van der Waals surface area contributed by atoms with E-state index >= 15 is 0 Å². The van der Waals surface area contributed by atoms with Gasteiger partial charge in [-0.1, -0.05) is 42.8 Å². The van der Waals surface area contributed by atoms with Crippen LogP contribution >= 0.6 is 11.6 Å². The number of nitrogens with one attached hydrogen (secondary N) is 1. The van der Waals surface area contributed by atoms with Gasteiger partial charge in [0, 0.05) is 11.1 Å². The van der Waals surface area contributed by atoms with Gasteiger partial charge in [0.1, 0.15) is 5.75 Å². The highest BCUT2D eigenvalue weighted by atomic mass is 35.5. The van der Waals surface area contributed by atoms with Gasteiger partial charge in [-0.2, -0.15) is 0 Å². The minimum absolute atomic E-state index is 0.324. The lowest BCUT2D eigenvalue weighted by atomic mass is 9.98. The van der Waals surface area contributed by atoms with Gasteiger partial charge in [0.25, 0.3) is 0 Å². The monoisotopic (exact) mass is 303 g/mol. The van der Waals surface area contributed by atoms with Crippen LogP contribution in [0.15, 0.2) is 48.5 Å². The van der Waals surface area contributed by atoms with E-state index in [1.165, 1.54) is 5.56 Å². The van der Waals surface area contributed by atoms with E-state index in [-0.39, 0.29) is 0 Å². The highest BCUT2D eigenvalue weighted by Crippen LogP contribution is 2.16. The number of rotatable bonds is 7. The Morgan fingerprint density at radius 3 is 2.33 bits per heavy atom. The summed E-state index contributed by atoms with van der Waals surface area (Å²) >= 11 is 6.06. The van der Waals surface area contributed by atoms with E-state index in [0.29, 0.717) is 11.8 Å². The Labute approximate surface area is 131 Å². The normalized spacial score (nSPS) is 12.3. The van der Waals surface area contributed by atoms with Crippen molar-refractivity contribution < 1.29 is 5.11 Å². The van der Waals surface area contributed by atoms with Crippen LogP contribution in [0.4, 0.5) is 0 Å². The quantitative estimate of drug-likeness (QED) is 0.803. The van der Waals surface area contributed by atoms with E-state index in [4.69, 9.17) is 11.6 Å². The van der Waals surface area contributed by atoms with Gasteiger partial charge in [-0.25, -0.2) is 0 Å². The molecule has 0 radical (unpaired) electrons. The summed E-state index contributed by atoms with van der Waals surface area (Å²) in [6.45, 7) is 3.15. The molecule has 0 bridgehead atoms. The van der Waals surface area contributed by atoms with Crippen LogP contribution < -0.4 is 5.32 Å². The maximum Gasteiger partial charge on any atom is 0.115 e. The molecule has 0 aliphatic heterocycles. The molecule has 2 aromatic rings. The van der Waals surface area contributed by atoms with Crippen LogP contribution in [0, 0.1) is 0 Å². The van der Waals surface area contributed by atoms with Crippen molar-refractivity contribution in [2.75, 3.05) is 6.54 Å². The fourth-order valence-corrected chi connectivity index (χ4v) is 2.69. The van der Waals surface area contributed by atoms with E-state index in [2.05, 4.69) is 24.4 Å². The Kier molecular flexibility index (Phi) is 6.09. The molecule has 112 valence electrons. The molecular formula is C18H22ClNO. The van der Waals surface area contributed by atoms with Crippen molar-refractivity contribution >= 4 is 11.6 Å². The second-order valence-electron chi connectivity index (χ2n) is 5.36. The molecule has 0 amide bonds. The Balaban J connectivity index is 2.06. The molecule has 2 rings (SSSR count). The molecule has 0 heterocycles. The van der Waals surface area contributed by atoms with Gasteiger partial charge in [0.15, 0.2) is 0 Å². The number of benzene rings is 2. The second kappa shape index (κ2) is 8.06. The molecular weight excluding hydrogens is 282 g/mol. The molecule has 2 aromatic carbocycles. The Bertz CT molecular complexity index is 523. The molecule has 0 saturated heterocycles. The average Bonchev–Trinajstić information content (AvgIpc) is 2.45. The number of aromatic hydroxyl groups is 1. The average molecular weight is 304 g/mol. The molecule has 3 heteroatoms. The van der Waals surface area contributed by atoms with Crippen LogP contribution in [-0.2, 0) is 12.8 Å². The third-order valence-electron chi connectivity index (χ3n) is 3.45. The maximum atomic E-state index is 9.59. The summed E-state index contributed by atoms with van der Waals surface area (Å²) in [5, 5.41) is 13.9. The van der Waals surface area contributed by atoms with E-state index in [1.54, 1.807) is 6.07 Å². The molecule has 1 unspecified atom stereocenters. The van der Waals surface area contributed by atoms with Crippen molar-refractivity contribution in [1.82, 2.24) is 5.32 Å². The first-order chi connectivity index (χ1) is 10.2. The molecule has 1 atom stereocenters. The predicted octanol–water partition coefficient (Wildman–Crippen LogP) is 4.20. The van der Waals surface area contributed by atoms with Crippen LogP contribution in [0.3, 0.4) is 0 Å². The highest BCUT2D eigenvalue weighted by molar-refractivity contribution is 6.30. The third-order valence-corrected chi connectivity index (χ3v) is 3.68. The summed E-state index contributed by atoms with van der Waals surface area (Å²) in [4.78, 5) is 0. The zero-order valence-electron chi connectivity index (χ0n) is 12.3. The summed E-state index contributed by atoms with van der Waals surface area (Å²) in [6, 6.07) is 15.8. The van der Waals surface area contributed by atoms with Gasteiger partial charge in [-0.15, -0.1) is 0 Å².